The van der Waals surface area contributed by atoms with Crippen molar-refractivity contribution in [1.29, 1.82) is 0 Å². The number of carbonyl (C=O) groups is 1. The van der Waals surface area contributed by atoms with Crippen molar-refractivity contribution in [2.24, 2.45) is 0 Å². The first-order valence-corrected chi connectivity index (χ1v) is 6.20. The fourth-order valence-electron chi connectivity index (χ4n) is 1.61. The Kier molecular flexibility index (Phi) is 6.15. The number of esters is 1. The van der Waals surface area contributed by atoms with E-state index in [0.717, 1.165) is 18.5 Å². The lowest BCUT2D eigenvalue weighted by molar-refractivity contribution is -0.148. The number of nitrogens with one attached hydrogen (secondary N) is 1. The van der Waals surface area contributed by atoms with Gasteiger partial charge in [0.25, 0.3) is 0 Å². The Labute approximate surface area is 103 Å². The second kappa shape index (κ2) is 7.71. The summed E-state index contributed by atoms with van der Waals surface area (Å²) in [4.78, 5) is 11.5. The second-order valence-corrected chi connectivity index (χ2v) is 4.13. The zero-order valence-electron chi connectivity index (χ0n) is 10.6. The summed E-state index contributed by atoms with van der Waals surface area (Å²) >= 11 is 0. The highest BCUT2D eigenvalue weighted by Gasteiger charge is 2.07. The molecule has 0 bridgehead atoms. The average molecular weight is 235 g/mol. The molecular weight excluding hydrogens is 214 g/mol. The number of carbonyl (C=O) groups excluding carboxylic acids is 1. The third kappa shape index (κ3) is 5.95. The van der Waals surface area contributed by atoms with Crippen molar-refractivity contribution in [3.8, 4) is 0 Å². The quantitative estimate of drug-likeness (QED) is 0.737. The normalized spacial score (nSPS) is 11.9. The molecule has 0 saturated carbocycles. The van der Waals surface area contributed by atoms with Gasteiger partial charge in [0.1, 0.15) is 0 Å². The molecule has 0 fully saturated rings. The zero-order valence-corrected chi connectivity index (χ0v) is 10.6. The number of rotatable bonds is 7. The van der Waals surface area contributed by atoms with Gasteiger partial charge in [0, 0.05) is 12.2 Å². The first kappa shape index (κ1) is 13.6. The van der Waals surface area contributed by atoms with Gasteiger partial charge in [0.15, 0.2) is 0 Å². The minimum Gasteiger partial charge on any atom is -0.463 e. The third-order valence-corrected chi connectivity index (χ3v) is 2.46. The molecule has 1 aromatic rings. The highest BCUT2D eigenvalue weighted by Crippen LogP contribution is 2.06. The van der Waals surface area contributed by atoms with Crippen LogP contribution in [-0.4, -0.2) is 18.6 Å². The standard InChI is InChI=1S/C14H21NO2/c1-3-7-12(2)17-14(16)10-11-15-13-8-5-4-6-9-13/h4-6,8-9,12,15H,3,7,10-11H2,1-2H3. The molecule has 0 aromatic heterocycles. The van der Waals surface area contributed by atoms with Crippen LogP contribution in [0.1, 0.15) is 33.1 Å². The van der Waals surface area contributed by atoms with E-state index < -0.39 is 0 Å². The molecule has 1 rings (SSSR count). The summed E-state index contributed by atoms with van der Waals surface area (Å²) in [5, 5.41) is 3.18. The van der Waals surface area contributed by atoms with Crippen LogP contribution in [0.5, 0.6) is 0 Å². The van der Waals surface area contributed by atoms with Crippen molar-refractivity contribution >= 4 is 11.7 Å². The Bertz CT molecular complexity index is 324. The summed E-state index contributed by atoms with van der Waals surface area (Å²) in [7, 11) is 0. The van der Waals surface area contributed by atoms with Crippen LogP contribution in [0.15, 0.2) is 30.3 Å². The van der Waals surface area contributed by atoms with E-state index in [2.05, 4.69) is 12.2 Å². The molecule has 0 aliphatic carbocycles. The molecule has 1 aromatic carbocycles. The number of anilines is 1. The summed E-state index contributed by atoms with van der Waals surface area (Å²) in [6.07, 6.45) is 2.40. The summed E-state index contributed by atoms with van der Waals surface area (Å²) in [5.41, 5.74) is 1.03. The van der Waals surface area contributed by atoms with E-state index in [1.165, 1.54) is 0 Å². The number of benzene rings is 1. The molecule has 0 amide bonds. The van der Waals surface area contributed by atoms with E-state index >= 15 is 0 Å². The average Bonchev–Trinajstić information content (AvgIpc) is 2.30. The molecule has 1 N–H and O–H groups in total. The van der Waals surface area contributed by atoms with Crippen molar-refractivity contribution in [2.45, 2.75) is 39.2 Å². The van der Waals surface area contributed by atoms with Crippen molar-refractivity contribution in [2.75, 3.05) is 11.9 Å². The highest BCUT2D eigenvalue weighted by atomic mass is 16.5. The van der Waals surface area contributed by atoms with E-state index in [1.54, 1.807) is 0 Å². The van der Waals surface area contributed by atoms with Gasteiger partial charge in [-0.25, -0.2) is 0 Å². The van der Waals surface area contributed by atoms with E-state index in [-0.39, 0.29) is 12.1 Å². The van der Waals surface area contributed by atoms with E-state index in [0.29, 0.717) is 13.0 Å². The summed E-state index contributed by atoms with van der Waals surface area (Å²) in [5.74, 6) is -0.130. The first-order chi connectivity index (χ1) is 8.22. The minimum absolute atomic E-state index is 0.0317. The van der Waals surface area contributed by atoms with Crippen LogP contribution in [0, 0.1) is 0 Å². The molecule has 0 saturated heterocycles. The monoisotopic (exact) mass is 235 g/mol. The topological polar surface area (TPSA) is 38.3 Å². The Balaban J connectivity index is 2.16. The molecular formula is C14H21NO2. The van der Waals surface area contributed by atoms with Gasteiger partial charge in [0.2, 0.25) is 0 Å². The molecule has 0 aliphatic rings. The van der Waals surface area contributed by atoms with Crippen LogP contribution in [0.25, 0.3) is 0 Å². The molecule has 0 spiro atoms. The number of hydrogen-bond acceptors (Lipinski definition) is 3. The predicted molar refractivity (Wildman–Crippen MR) is 70.0 cm³/mol. The lowest BCUT2D eigenvalue weighted by atomic mass is 10.2. The fourth-order valence-corrected chi connectivity index (χ4v) is 1.61. The van der Waals surface area contributed by atoms with Crippen LogP contribution in [0.4, 0.5) is 5.69 Å². The molecule has 3 heteroatoms. The van der Waals surface area contributed by atoms with Gasteiger partial charge in [-0.2, -0.15) is 0 Å². The Hall–Kier alpha value is -1.51. The van der Waals surface area contributed by atoms with Gasteiger partial charge in [-0.3, -0.25) is 4.79 Å². The van der Waals surface area contributed by atoms with Crippen LogP contribution in [-0.2, 0) is 9.53 Å². The Morgan fingerprint density at radius 2 is 2.06 bits per heavy atom. The fraction of sp³-hybridized carbons (Fsp3) is 0.500. The van der Waals surface area contributed by atoms with Crippen LogP contribution in [0.3, 0.4) is 0 Å². The van der Waals surface area contributed by atoms with Crippen LogP contribution in [0.2, 0.25) is 0 Å². The van der Waals surface area contributed by atoms with Crippen molar-refractivity contribution < 1.29 is 9.53 Å². The molecule has 3 nitrogen and oxygen atoms in total. The molecule has 1 atom stereocenters. The maximum absolute atomic E-state index is 11.5. The number of ether oxygens (including phenoxy) is 1. The largest absolute Gasteiger partial charge is 0.463 e. The van der Waals surface area contributed by atoms with Gasteiger partial charge in [-0.15, -0.1) is 0 Å². The van der Waals surface area contributed by atoms with E-state index in [4.69, 9.17) is 4.74 Å². The Morgan fingerprint density at radius 1 is 1.35 bits per heavy atom. The van der Waals surface area contributed by atoms with E-state index in [1.807, 2.05) is 37.3 Å². The summed E-state index contributed by atoms with van der Waals surface area (Å²) in [6.45, 7) is 4.63. The number of hydrogen-bond donors (Lipinski definition) is 1. The summed E-state index contributed by atoms with van der Waals surface area (Å²) in [6, 6.07) is 9.84. The first-order valence-electron chi connectivity index (χ1n) is 6.20. The molecule has 17 heavy (non-hydrogen) atoms. The van der Waals surface area contributed by atoms with E-state index in [9.17, 15) is 4.79 Å². The van der Waals surface area contributed by atoms with Crippen molar-refractivity contribution in [3.05, 3.63) is 30.3 Å². The highest BCUT2D eigenvalue weighted by molar-refractivity contribution is 5.70. The van der Waals surface area contributed by atoms with Gasteiger partial charge in [0.05, 0.1) is 12.5 Å². The minimum atomic E-state index is -0.130. The maximum atomic E-state index is 11.5. The third-order valence-electron chi connectivity index (χ3n) is 2.46. The lowest BCUT2D eigenvalue weighted by Crippen LogP contribution is -2.17. The van der Waals surface area contributed by atoms with Crippen LogP contribution >= 0.6 is 0 Å². The smallest absolute Gasteiger partial charge is 0.307 e. The predicted octanol–water partition coefficient (Wildman–Crippen LogP) is 3.22. The molecule has 1 unspecified atom stereocenters. The SMILES string of the molecule is CCCC(C)OC(=O)CCNc1ccccc1. The second-order valence-electron chi connectivity index (χ2n) is 4.13. The van der Waals surface area contributed by atoms with Crippen LogP contribution < -0.4 is 5.32 Å². The molecule has 0 radical (unpaired) electrons. The zero-order chi connectivity index (χ0) is 12.5. The van der Waals surface area contributed by atoms with Gasteiger partial charge >= 0.3 is 5.97 Å². The number of para-hydroxylation sites is 1. The summed E-state index contributed by atoms with van der Waals surface area (Å²) < 4.78 is 5.25. The van der Waals surface area contributed by atoms with Gasteiger partial charge in [-0.1, -0.05) is 31.5 Å². The molecule has 0 heterocycles. The van der Waals surface area contributed by atoms with Gasteiger partial charge < -0.3 is 10.1 Å². The maximum Gasteiger partial charge on any atom is 0.307 e. The molecule has 0 aliphatic heterocycles. The Morgan fingerprint density at radius 3 is 2.71 bits per heavy atom. The molecule has 94 valence electrons. The lowest BCUT2D eigenvalue weighted by Gasteiger charge is -2.12. The van der Waals surface area contributed by atoms with Gasteiger partial charge in [-0.05, 0) is 25.5 Å². The van der Waals surface area contributed by atoms with Crippen molar-refractivity contribution in [1.82, 2.24) is 0 Å². The van der Waals surface area contributed by atoms with Crippen molar-refractivity contribution in [3.63, 3.8) is 0 Å².